The van der Waals surface area contributed by atoms with E-state index in [-0.39, 0.29) is 0 Å². The van der Waals surface area contributed by atoms with Crippen LogP contribution in [0.25, 0.3) is 22.2 Å². The van der Waals surface area contributed by atoms with Gasteiger partial charge in [-0.25, -0.2) is 0 Å². The van der Waals surface area contributed by atoms with Gasteiger partial charge in [-0.1, -0.05) is 32.5 Å². The predicted molar refractivity (Wildman–Crippen MR) is 134 cm³/mol. The highest BCUT2D eigenvalue weighted by Crippen LogP contribution is 2.43. The Labute approximate surface area is 207 Å². The number of pyridine rings is 1. The molecular weight excluding hydrogens is 464 g/mol. The van der Waals surface area contributed by atoms with Crippen molar-refractivity contribution >= 4 is 23.1 Å². The number of aryl methyl sites for hydroxylation is 1. The quantitative estimate of drug-likeness (QED) is 0.295. The summed E-state index contributed by atoms with van der Waals surface area (Å²) in [5.41, 5.74) is 2.79. The SMILES string of the molecule is CC(C)(C)C1CCc2sc(-c3nnc(CSc4nnc(-c5cccnc5)n4C4CC4)o3)cc2C1. The molecule has 1 unspecified atom stereocenters. The van der Waals surface area contributed by atoms with E-state index in [1.165, 1.54) is 16.9 Å². The number of fused-ring (bicyclic) bond motifs is 1. The van der Waals surface area contributed by atoms with Crippen molar-refractivity contribution in [1.29, 1.82) is 0 Å². The van der Waals surface area contributed by atoms with Crippen LogP contribution in [-0.2, 0) is 18.6 Å². The fourth-order valence-electron chi connectivity index (χ4n) is 4.64. The van der Waals surface area contributed by atoms with Gasteiger partial charge in [0.1, 0.15) is 0 Å². The molecule has 0 bridgehead atoms. The van der Waals surface area contributed by atoms with E-state index in [0.717, 1.165) is 53.0 Å². The second-order valence-electron chi connectivity index (χ2n) is 10.3. The minimum atomic E-state index is 0.340. The van der Waals surface area contributed by atoms with Crippen molar-refractivity contribution in [1.82, 2.24) is 29.9 Å². The molecule has 4 heterocycles. The zero-order chi connectivity index (χ0) is 23.3. The summed E-state index contributed by atoms with van der Waals surface area (Å²) in [6, 6.07) is 6.69. The van der Waals surface area contributed by atoms with E-state index in [1.54, 1.807) is 18.0 Å². The largest absolute Gasteiger partial charge is 0.419 e. The molecule has 1 fully saturated rings. The average Bonchev–Trinajstić information content (AvgIpc) is 3.23. The van der Waals surface area contributed by atoms with Crippen LogP contribution >= 0.6 is 23.1 Å². The second-order valence-corrected chi connectivity index (χ2v) is 12.4. The van der Waals surface area contributed by atoms with Crippen molar-refractivity contribution in [3.8, 4) is 22.2 Å². The number of thiophene rings is 1. The van der Waals surface area contributed by atoms with Crippen molar-refractivity contribution in [3.63, 3.8) is 0 Å². The van der Waals surface area contributed by atoms with Gasteiger partial charge in [-0.05, 0) is 67.2 Å². The van der Waals surface area contributed by atoms with Gasteiger partial charge >= 0.3 is 0 Å². The monoisotopic (exact) mass is 492 g/mol. The third kappa shape index (κ3) is 4.31. The lowest BCUT2D eigenvalue weighted by molar-refractivity contribution is 0.217. The zero-order valence-corrected chi connectivity index (χ0v) is 21.3. The van der Waals surface area contributed by atoms with Gasteiger partial charge in [-0.2, -0.15) is 0 Å². The molecule has 0 spiro atoms. The number of rotatable bonds is 6. The Morgan fingerprint density at radius 1 is 1.15 bits per heavy atom. The molecule has 0 aliphatic heterocycles. The number of nitrogens with zero attached hydrogens (tertiary/aromatic N) is 6. The lowest BCUT2D eigenvalue weighted by Crippen LogP contribution is -2.26. The summed E-state index contributed by atoms with van der Waals surface area (Å²) < 4.78 is 8.30. The highest BCUT2D eigenvalue weighted by molar-refractivity contribution is 7.98. The summed E-state index contributed by atoms with van der Waals surface area (Å²) in [5.74, 6) is 3.41. The van der Waals surface area contributed by atoms with E-state index in [1.807, 2.05) is 29.7 Å². The first-order valence-electron chi connectivity index (χ1n) is 11.9. The van der Waals surface area contributed by atoms with Gasteiger partial charge in [0.05, 0.1) is 10.6 Å². The molecule has 0 amide bonds. The fraction of sp³-hybridized carbons (Fsp3) is 0.480. The van der Waals surface area contributed by atoms with E-state index >= 15 is 0 Å². The van der Waals surface area contributed by atoms with Gasteiger partial charge in [0.2, 0.25) is 5.89 Å². The van der Waals surface area contributed by atoms with Crippen LogP contribution in [-0.4, -0.2) is 29.9 Å². The topological polar surface area (TPSA) is 82.5 Å². The summed E-state index contributed by atoms with van der Waals surface area (Å²) in [6.07, 6.45) is 9.47. The Hall–Kier alpha value is -2.52. The zero-order valence-electron chi connectivity index (χ0n) is 19.7. The molecule has 2 aliphatic rings. The Bertz CT molecular complexity index is 1300. The first-order chi connectivity index (χ1) is 16.5. The summed E-state index contributed by atoms with van der Waals surface area (Å²) >= 11 is 3.41. The smallest absolute Gasteiger partial charge is 0.257 e. The van der Waals surface area contributed by atoms with Crippen molar-refractivity contribution in [2.45, 2.75) is 69.8 Å². The van der Waals surface area contributed by atoms with Gasteiger partial charge in [0.15, 0.2) is 11.0 Å². The Morgan fingerprint density at radius 3 is 2.79 bits per heavy atom. The summed E-state index contributed by atoms with van der Waals surface area (Å²) in [7, 11) is 0. The molecule has 176 valence electrons. The molecule has 2 aliphatic carbocycles. The molecule has 0 aromatic carbocycles. The maximum absolute atomic E-state index is 6.07. The summed E-state index contributed by atoms with van der Waals surface area (Å²) in [4.78, 5) is 6.80. The molecule has 9 heteroatoms. The minimum absolute atomic E-state index is 0.340. The Balaban J connectivity index is 1.17. The molecule has 7 nitrogen and oxygen atoms in total. The number of aromatic nitrogens is 6. The van der Waals surface area contributed by atoms with E-state index < -0.39 is 0 Å². The summed E-state index contributed by atoms with van der Waals surface area (Å²) in [5, 5.41) is 18.5. The minimum Gasteiger partial charge on any atom is -0.419 e. The first-order valence-corrected chi connectivity index (χ1v) is 13.7. The molecule has 1 atom stereocenters. The standard InChI is InChI=1S/C25H28N6OS2/c1-25(2,3)17-6-9-19-16(11-17)12-20(34-19)23-29-27-21(32-23)14-33-24-30-28-22(31(24)18-7-8-18)15-5-4-10-26-13-15/h4-5,10,12-13,17-18H,6-9,11,14H2,1-3H3. The van der Waals surface area contributed by atoms with Crippen LogP contribution in [0.15, 0.2) is 40.2 Å². The maximum Gasteiger partial charge on any atom is 0.257 e. The fourth-order valence-corrected chi connectivity index (χ4v) is 6.61. The van der Waals surface area contributed by atoms with Crippen LogP contribution in [0.5, 0.6) is 0 Å². The van der Waals surface area contributed by atoms with Crippen LogP contribution in [0.3, 0.4) is 0 Å². The van der Waals surface area contributed by atoms with Crippen LogP contribution in [0.2, 0.25) is 0 Å². The van der Waals surface area contributed by atoms with Crippen LogP contribution < -0.4 is 0 Å². The second kappa shape index (κ2) is 8.61. The molecule has 1 saturated carbocycles. The Kier molecular flexibility index (Phi) is 5.56. The maximum atomic E-state index is 6.07. The molecule has 0 saturated heterocycles. The van der Waals surface area contributed by atoms with E-state index in [4.69, 9.17) is 4.42 Å². The number of hydrogen-bond acceptors (Lipinski definition) is 8. The lowest BCUT2D eigenvalue weighted by atomic mass is 9.72. The lowest BCUT2D eigenvalue weighted by Gasteiger charge is -2.33. The molecule has 0 radical (unpaired) electrons. The number of thioether (sulfide) groups is 1. The highest BCUT2D eigenvalue weighted by atomic mass is 32.2. The third-order valence-electron chi connectivity index (χ3n) is 6.81. The highest BCUT2D eigenvalue weighted by Gasteiger charge is 2.32. The van der Waals surface area contributed by atoms with Crippen molar-refractivity contribution < 1.29 is 4.42 Å². The van der Waals surface area contributed by atoms with E-state index in [0.29, 0.717) is 29.0 Å². The molecule has 0 N–H and O–H groups in total. The number of hydrogen-bond donors (Lipinski definition) is 0. The van der Waals surface area contributed by atoms with Gasteiger partial charge in [0.25, 0.3) is 5.89 Å². The van der Waals surface area contributed by atoms with E-state index in [2.05, 4.69) is 56.8 Å². The first kappa shape index (κ1) is 22.0. The van der Waals surface area contributed by atoms with Gasteiger partial charge < -0.3 is 4.42 Å². The van der Waals surface area contributed by atoms with Crippen LogP contribution in [0.4, 0.5) is 0 Å². The third-order valence-corrected chi connectivity index (χ3v) is 8.96. The Morgan fingerprint density at radius 2 is 2.03 bits per heavy atom. The summed E-state index contributed by atoms with van der Waals surface area (Å²) in [6.45, 7) is 7.05. The van der Waals surface area contributed by atoms with Gasteiger partial charge in [0, 0.05) is 28.9 Å². The van der Waals surface area contributed by atoms with Gasteiger partial charge in [-0.15, -0.1) is 31.7 Å². The molecule has 34 heavy (non-hydrogen) atoms. The van der Waals surface area contributed by atoms with Gasteiger partial charge in [-0.3, -0.25) is 9.55 Å². The molecular formula is C25H28N6OS2. The van der Waals surface area contributed by atoms with Crippen molar-refractivity contribution in [3.05, 3.63) is 46.9 Å². The van der Waals surface area contributed by atoms with E-state index in [9.17, 15) is 0 Å². The van der Waals surface area contributed by atoms with Crippen LogP contribution in [0.1, 0.15) is 62.4 Å². The van der Waals surface area contributed by atoms with Crippen molar-refractivity contribution in [2.24, 2.45) is 11.3 Å². The average molecular weight is 493 g/mol. The molecule has 4 aromatic rings. The van der Waals surface area contributed by atoms with Crippen molar-refractivity contribution in [2.75, 3.05) is 0 Å². The normalized spacial score (nSPS) is 18.3. The predicted octanol–water partition coefficient (Wildman–Crippen LogP) is 6.23. The molecule has 6 rings (SSSR count). The molecule has 4 aromatic heterocycles. The van der Waals surface area contributed by atoms with Crippen LogP contribution in [0, 0.1) is 11.3 Å².